The molecule has 0 unspecified atom stereocenters. The van der Waals surface area contributed by atoms with E-state index in [0.29, 0.717) is 16.6 Å². The van der Waals surface area contributed by atoms with Crippen LogP contribution in [0, 0.1) is 17.1 Å². The molecule has 0 aliphatic heterocycles. The zero-order valence-corrected chi connectivity index (χ0v) is 12.7. The van der Waals surface area contributed by atoms with Gasteiger partial charge in [0.15, 0.2) is 10.0 Å². The highest BCUT2D eigenvalue weighted by molar-refractivity contribution is 8.02. The van der Waals surface area contributed by atoms with Crippen molar-refractivity contribution in [2.75, 3.05) is 4.72 Å². The third-order valence-corrected chi connectivity index (χ3v) is 4.66. The molecular weight excluding hydrogens is 352 g/mol. The lowest BCUT2D eigenvalue weighted by Crippen LogP contribution is -2.04. The van der Waals surface area contributed by atoms with Crippen LogP contribution in [0.2, 0.25) is 0 Å². The van der Waals surface area contributed by atoms with Gasteiger partial charge in [-0.15, -0.1) is 11.3 Å². The predicted molar refractivity (Wildman–Crippen MR) is 79.6 cm³/mol. The predicted octanol–water partition coefficient (Wildman–Crippen LogP) is 4.77. The Kier molecular flexibility index (Phi) is 3.91. The number of anilines is 1. The number of fused-ring (bicyclic) bond motifs is 1. The maximum atomic E-state index is 13.6. The summed E-state index contributed by atoms with van der Waals surface area (Å²) < 4.78 is 54.0. The van der Waals surface area contributed by atoms with E-state index in [9.17, 15) is 17.6 Å². The number of thiazole rings is 1. The van der Waals surface area contributed by atoms with E-state index in [-0.39, 0.29) is 9.90 Å². The molecule has 10 heteroatoms. The van der Waals surface area contributed by atoms with E-state index in [2.05, 4.69) is 14.7 Å². The highest BCUT2D eigenvalue weighted by atomic mass is 32.2. The van der Waals surface area contributed by atoms with Crippen molar-refractivity contribution < 1.29 is 17.6 Å². The summed E-state index contributed by atoms with van der Waals surface area (Å²) in [4.78, 5) is 6.30. The van der Waals surface area contributed by atoms with Crippen LogP contribution in [-0.2, 0) is 6.18 Å². The second kappa shape index (κ2) is 5.75. The maximum absolute atomic E-state index is 13.6. The van der Waals surface area contributed by atoms with Crippen molar-refractivity contribution in [3.05, 3.63) is 40.8 Å². The summed E-state index contributed by atoms with van der Waals surface area (Å²) >= 11 is 1.67. The van der Waals surface area contributed by atoms with Gasteiger partial charge in [0.05, 0.1) is 16.8 Å². The van der Waals surface area contributed by atoms with Crippen LogP contribution in [0.4, 0.5) is 23.2 Å². The van der Waals surface area contributed by atoms with Gasteiger partial charge >= 0.3 is 6.18 Å². The molecule has 2 N–H and O–H groups in total. The third-order valence-electron chi connectivity index (χ3n) is 2.90. The minimum absolute atomic E-state index is 0.141. The van der Waals surface area contributed by atoms with E-state index in [1.807, 2.05) is 6.07 Å². The van der Waals surface area contributed by atoms with Crippen molar-refractivity contribution in [1.29, 1.82) is 5.26 Å². The smallest absolute Gasteiger partial charge is 0.358 e. The highest BCUT2D eigenvalue weighted by Crippen LogP contribution is 2.35. The zero-order chi connectivity index (χ0) is 16.6. The van der Waals surface area contributed by atoms with Gasteiger partial charge in [0, 0.05) is 28.9 Å². The molecule has 3 rings (SSSR count). The Bertz CT molecular complexity index is 907. The summed E-state index contributed by atoms with van der Waals surface area (Å²) in [7, 11) is 0. The number of nitrogens with one attached hydrogen (secondary N) is 2. The van der Waals surface area contributed by atoms with Crippen LogP contribution in [0.3, 0.4) is 0 Å². The van der Waals surface area contributed by atoms with Crippen LogP contribution in [0.1, 0.15) is 11.3 Å². The van der Waals surface area contributed by atoms with Crippen LogP contribution in [0.15, 0.2) is 28.0 Å². The largest absolute Gasteiger partial charge is 0.434 e. The number of benzene rings is 1. The minimum atomic E-state index is -4.50. The fourth-order valence-corrected chi connectivity index (χ4v) is 3.42. The summed E-state index contributed by atoms with van der Waals surface area (Å²) in [6, 6.07) is 4.33. The molecule has 23 heavy (non-hydrogen) atoms. The number of nitriles is 1. The maximum Gasteiger partial charge on any atom is 0.434 e. The Labute approximate surface area is 135 Å². The van der Waals surface area contributed by atoms with Gasteiger partial charge in [-0.2, -0.15) is 18.4 Å². The lowest BCUT2D eigenvalue weighted by molar-refractivity contribution is -0.141. The Morgan fingerprint density at radius 1 is 1.35 bits per heavy atom. The quantitative estimate of drug-likeness (QED) is 0.523. The van der Waals surface area contributed by atoms with Crippen LogP contribution >= 0.6 is 23.3 Å². The van der Waals surface area contributed by atoms with Gasteiger partial charge in [-0.05, 0) is 12.1 Å². The number of nitrogens with zero attached hydrogens (tertiary/aromatic N) is 2. The monoisotopic (exact) mass is 358 g/mol. The van der Waals surface area contributed by atoms with Gasteiger partial charge in [0.2, 0.25) is 0 Å². The average molecular weight is 358 g/mol. The normalized spacial score (nSPS) is 11.6. The molecule has 118 valence electrons. The van der Waals surface area contributed by atoms with Gasteiger partial charge in [-0.3, -0.25) is 0 Å². The highest BCUT2D eigenvalue weighted by Gasteiger charge is 2.33. The summed E-state index contributed by atoms with van der Waals surface area (Å²) in [5, 5.41) is 10.3. The first kappa shape index (κ1) is 15.6. The summed E-state index contributed by atoms with van der Waals surface area (Å²) in [5.74, 6) is -0.563. The van der Waals surface area contributed by atoms with E-state index in [1.165, 1.54) is 18.3 Å². The molecule has 2 heterocycles. The molecule has 0 aliphatic rings. The van der Waals surface area contributed by atoms with Crippen LogP contribution in [0.5, 0.6) is 0 Å². The van der Waals surface area contributed by atoms with Crippen molar-refractivity contribution in [1.82, 2.24) is 9.97 Å². The number of rotatable bonds is 3. The van der Waals surface area contributed by atoms with Crippen LogP contribution in [-0.4, -0.2) is 9.97 Å². The lowest BCUT2D eigenvalue weighted by atomic mass is 10.1. The SMILES string of the molecule is N#Cc1c[nH]c2c(NSc3nc(C(F)(F)F)cs3)cc(F)cc12. The molecule has 1 aromatic carbocycles. The molecular formula is C13H6F4N4S2. The topological polar surface area (TPSA) is 64.5 Å². The van der Waals surface area contributed by atoms with Gasteiger partial charge in [-0.1, -0.05) is 0 Å². The Morgan fingerprint density at radius 3 is 2.78 bits per heavy atom. The number of aromatic nitrogens is 2. The first-order chi connectivity index (χ1) is 10.9. The van der Waals surface area contributed by atoms with Crippen LogP contribution < -0.4 is 4.72 Å². The third kappa shape index (κ3) is 3.11. The second-order valence-electron chi connectivity index (χ2n) is 4.39. The molecule has 3 aromatic rings. The first-order valence-corrected chi connectivity index (χ1v) is 7.74. The Morgan fingerprint density at radius 2 is 2.13 bits per heavy atom. The molecule has 0 aliphatic carbocycles. The number of hydrogen-bond donors (Lipinski definition) is 2. The lowest BCUT2D eigenvalue weighted by Gasteiger charge is -2.05. The fraction of sp³-hybridized carbons (Fsp3) is 0.0769. The van der Waals surface area contributed by atoms with Crippen molar-refractivity contribution in [2.45, 2.75) is 10.5 Å². The molecule has 0 spiro atoms. The van der Waals surface area contributed by atoms with Gasteiger partial charge in [-0.25, -0.2) is 9.37 Å². The molecule has 0 fully saturated rings. The van der Waals surface area contributed by atoms with Crippen molar-refractivity contribution in [3.63, 3.8) is 0 Å². The number of aromatic amines is 1. The molecule has 0 saturated carbocycles. The van der Waals surface area contributed by atoms with E-state index >= 15 is 0 Å². The van der Waals surface area contributed by atoms with Crippen LogP contribution in [0.25, 0.3) is 10.9 Å². The van der Waals surface area contributed by atoms with E-state index in [4.69, 9.17) is 5.26 Å². The minimum Gasteiger partial charge on any atom is -0.358 e. The molecule has 0 atom stereocenters. The number of alkyl halides is 3. The van der Waals surface area contributed by atoms with Gasteiger partial charge in [0.1, 0.15) is 11.9 Å². The zero-order valence-electron chi connectivity index (χ0n) is 11.0. The number of halogens is 4. The summed E-state index contributed by atoms with van der Waals surface area (Å²) in [6.07, 6.45) is -3.06. The second-order valence-corrected chi connectivity index (χ2v) is 6.30. The molecule has 0 bridgehead atoms. The Balaban J connectivity index is 1.86. The van der Waals surface area contributed by atoms with Crippen molar-refractivity contribution in [3.8, 4) is 6.07 Å². The summed E-state index contributed by atoms with van der Waals surface area (Å²) in [6.45, 7) is 0. The van der Waals surface area contributed by atoms with E-state index in [0.717, 1.165) is 28.7 Å². The van der Waals surface area contributed by atoms with Gasteiger partial charge in [0.25, 0.3) is 0 Å². The molecule has 0 saturated heterocycles. The fourth-order valence-electron chi connectivity index (χ4n) is 1.90. The number of H-pyrrole nitrogens is 1. The molecule has 0 radical (unpaired) electrons. The van der Waals surface area contributed by atoms with E-state index in [1.54, 1.807) is 0 Å². The van der Waals surface area contributed by atoms with Crippen molar-refractivity contribution in [2.24, 2.45) is 0 Å². The summed E-state index contributed by atoms with van der Waals surface area (Å²) in [5.41, 5.74) is 0.113. The molecule has 2 aromatic heterocycles. The Hall–Kier alpha value is -2.25. The molecule has 0 amide bonds. The van der Waals surface area contributed by atoms with Gasteiger partial charge < -0.3 is 9.71 Å². The van der Waals surface area contributed by atoms with E-state index < -0.39 is 17.7 Å². The standard InChI is InChI=1S/C13H6F4N4S2/c14-7-1-8-6(3-18)4-19-11(8)9(2-7)21-23-12-20-10(5-22-12)13(15,16)17/h1-2,4-5,19,21H. The van der Waals surface area contributed by atoms with Crippen molar-refractivity contribution >= 4 is 39.9 Å². The number of hydrogen-bond acceptors (Lipinski definition) is 5. The first-order valence-electron chi connectivity index (χ1n) is 6.05. The average Bonchev–Trinajstić information content (AvgIpc) is 3.10. The molecule has 4 nitrogen and oxygen atoms in total.